The molecule has 0 spiro atoms. The summed E-state index contributed by atoms with van der Waals surface area (Å²) in [5, 5.41) is 0. The van der Waals surface area contributed by atoms with E-state index in [4.69, 9.17) is 0 Å². The second kappa shape index (κ2) is 6.74. The third-order valence-corrected chi connectivity index (χ3v) is 6.78. The third kappa shape index (κ3) is 2.58. The van der Waals surface area contributed by atoms with Gasteiger partial charge in [0.2, 0.25) is 0 Å². The van der Waals surface area contributed by atoms with Gasteiger partial charge in [-0.15, -0.1) is 0 Å². The highest BCUT2D eigenvalue weighted by molar-refractivity contribution is 5.79. The van der Waals surface area contributed by atoms with Crippen molar-refractivity contribution in [2.24, 2.45) is 0 Å². The summed E-state index contributed by atoms with van der Waals surface area (Å²) in [7, 11) is 0. The lowest BCUT2D eigenvalue weighted by Crippen LogP contribution is -2.45. The van der Waals surface area contributed by atoms with Crippen molar-refractivity contribution in [3.63, 3.8) is 0 Å². The molecule has 0 saturated carbocycles. The number of fused-ring (bicyclic) bond motifs is 5. The molecule has 0 aromatic heterocycles. The van der Waals surface area contributed by atoms with Gasteiger partial charge in [0.05, 0.1) is 0 Å². The molecule has 0 bridgehead atoms. The molecule has 3 aliphatic heterocycles. The van der Waals surface area contributed by atoms with Crippen molar-refractivity contribution in [3.05, 3.63) is 59.2 Å². The molecule has 0 aliphatic carbocycles. The summed E-state index contributed by atoms with van der Waals surface area (Å²) in [5.74, 6) is 0.673. The summed E-state index contributed by atoms with van der Waals surface area (Å²) in [6.07, 6.45) is 7.67. The van der Waals surface area contributed by atoms with Gasteiger partial charge in [0.15, 0.2) is 0 Å². The summed E-state index contributed by atoms with van der Waals surface area (Å²) < 4.78 is 0. The maximum Gasteiger partial charge on any atom is 0.0483 e. The molecule has 26 heavy (non-hydrogen) atoms. The van der Waals surface area contributed by atoms with Crippen LogP contribution in [0, 0.1) is 0 Å². The molecule has 2 aromatic carbocycles. The SMILES string of the molecule is CCCCCN1CCC2C(C1)c1cccc3c1N2c1ccccc1CC3. The smallest absolute Gasteiger partial charge is 0.0483 e. The van der Waals surface area contributed by atoms with E-state index in [2.05, 4.69) is 59.2 Å². The molecule has 0 amide bonds. The standard InChI is InChI=1S/C24H30N2/c1-2-3-6-15-25-16-14-23-21(17-25)20-10-7-9-19-13-12-18-8-4-5-11-22(18)26(23)24(19)20/h4-5,7-11,21,23H,2-3,6,12-17H2,1H3. The molecule has 0 radical (unpaired) electrons. The van der Waals surface area contributed by atoms with Gasteiger partial charge in [-0.1, -0.05) is 56.2 Å². The predicted octanol–water partition coefficient (Wildman–Crippen LogP) is 5.29. The fourth-order valence-electron chi connectivity index (χ4n) is 5.51. The lowest BCUT2D eigenvalue weighted by atomic mass is 9.87. The van der Waals surface area contributed by atoms with Gasteiger partial charge in [0, 0.05) is 36.4 Å². The van der Waals surface area contributed by atoms with Crippen molar-refractivity contribution in [2.75, 3.05) is 24.5 Å². The topological polar surface area (TPSA) is 6.48 Å². The molecule has 2 aromatic rings. The summed E-state index contributed by atoms with van der Waals surface area (Å²) in [5.41, 5.74) is 7.74. The van der Waals surface area contributed by atoms with E-state index in [9.17, 15) is 0 Å². The van der Waals surface area contributed by atoms with Gasteiger partial charge >= 0.3 is 0 Å². The van der Waals surface area contributed by atoms with Crippen molar-refractivity contribution in [1.29, 1.82) is 0 Å². The third-order valence-electron chi connectivity index (χ3n) is 6.78. The second-order valence-electron chi connectivity index (χ2n) is 8.32. The highest BCUT2D eigenvalue weighted by Gasteiger charge is 2.44. The molecule has 2 heteroatoms. The molecular weight excluding hydrogens is 316 g/mol. The van der Waals surface area contributed by atoms with E-state index < -0.39 is 0 Å². The number of rotatable bonds is 4. The molecule has 2 atom stereocenters. The van der Waals surface area contributed by atoms with Crippen LogP contribution in [-0.2, 0) is 12.8 Å². The van der Waals surface area contributed by atoms with E-state index in [0.717, 1.165) is 0 Å². The fourth-order valence-corrected chi connectivity index (χ4v) is 5.51. The van der Waals surface area contributed by atoms with Crippen LogP contribution in [0.25, 0.3) is 0 Å². The van der Waals surface area contributed by atoms with E-state index in [-0.39, 0.29) is 0 Å². The Hall–Kier alpha value is -1.80. The molecule has 1 fully saturated rings. The number of benzene rings is 2. The monoisotopic (exact) mass is 346 g/mol. The largest absolute Gasteiger partial charge is 0.337 e. The van der Waals surface area contributed by atoms with Crippen molar-refractivity contribution in [3.8, 4) is 0 Å². The fraction of sp³-hybridized carbons (Fsp3) is 0.500. The Bertz CT molecular complexity index is 797. The Morgan fingerprint density at radius 2 is 1.81 bits per heavy atom. The first kappa shape index (κ1) is 16.4. The van der Waals surface area contributed by atoms with Crippen molar-refractivity contribution in [2.45, 2.75) is 57.4 Å². The molecular formula is C24H30N2. The highest BCUT2D eigenvalue weighted by Crippen LogP contribution is 2.52. The lowest BCUT2D eigenvalue weighted by Gasteiger charge is -2.39. The minimum atomic E-state index is 0.646. The van der Waals surface area contributed by atoms with E-state index in [1.54, 1.807) is 16.8 Å². The number of aryl methyl sites for hydroxylation is 2. The van der Waals surface area contributed by atoms with Crippen LogP contribution in [0.15, 0.2) is 42.5 Å². The predicted molar refractivity (Wildman–Crippen MR) is 110 cm³/mol. The number of unbranched alkanes of at least 4 members (excludes halogenated alkanes) is 2. The first-order valence-electron chi connectivity index (χ1n) is 10.6. The minimum absolute atomic E-state index is 0.646. The number of nitrogens with zero attached hydrogens (tertiary/aromatic N) is 2. The number of anilines is 2. The first-order valence-corrected chi connectivity index (χ1v) is 10.6. The Labute approximate surface area is 157 Å². The summed E-state index contributed by atoms with van der Waals surface area (Å²) in [6, 6.07) is 16.9. The Kier molecular flexibility index (Phi) is 4.24. The average molecular weight is 347 g/mol. The zero-order valence-electron chi connectivity index (χ0n) is 16.0. The molecule has 1 saturated heterocycles. The zero-order chi connectivity index (χ0) is 17.5. The summed E-state index contributed by atoms with van der Waals surface area (Å²) in [6.45, 7) is 6.08. The molecule has 136 valence electrons. The van der Waals surface area contributed by atoms with E-state index in [0.29, 0.717) is 12.0 Å². The molecule has 0 N–H and O–H groups in total. The van der Waals surface area contributed by atoms with E-state index >= 15 is 0 Å². The summed E-state index contributed by atoms with van der Waals surface area (Å²) >= 11 is 0. The Morgan fingerprint density at radius 1 is 0.962 bits per heavy atom. The second-order valence-corrected chi connectivity index (χ2v) is 8.32. The van der Waals surface area contributed by atoms with Crippen LogP contribution in [0.4, 0.5) is 11.4 Å². The molecule has 2 nitrogen and oxygen atoms in total. The maximum atomic E-state index is 2.74. The van der Waals surface area contributed by atoms with Gasteiger partial charge in [-0.3, -0.25) is 0 Å². The van der Waals surface area contributed by atoms with Gasteiger partial charge in [-0.05, 0) is 55.0 Å². The van der Waals surface area contributed by atoms with Gasteiger partial charge < -0.3 is 9.80 Å². The highest BCUT2D eigenvalue weighted by atomic mass is 15.2. The Morgan fingerprint density at radius 3 is 2.73 bits per heavy atom. The van der Waals surface area contributed by atoms with Gasteiger partial charge in [-0.2, -0.15) is 0 Å². The molecule has 2 unspecified atom stereocenters. The molecule has 3 heterocycles. The van der Waals surface area contributed by atoms with Crippen LogP contribution in [0.3, 0.4) is 0 Å². The normalized spacial score (nSPS) is 24.0. The van der Waals surface area contributed by atoms with Crippen LogP contribution in [-0.4, -0.2) is 30.6 Å². The molecule has 3 aliphatic rings. The van der Waals surface area contributed by atoms with Gasteiger partial charge in [0.25, 0.3) is 0 Å². The van der Waals surface area contributed by atoms with Crippen LogP contribution >= 0.6 is 0 Å². The van der Waals surface area contributed by atoms with Crippen LogP contribution in [0.1, 0.15) is 55.2 Å². The number of hydrogen-bond donors (Lipinski definition) is 0. The van der Waals surface area contributed by atoms with Crippen molar-refractivity contribution >= 4 is 11.4 Å². The quantitative estimate of drug-likeness (QED) is 0.695. The minimum Gasteiger partial charge on any atom is -0.337 e. The first-order chi connectivity index (χ1) is 12.9. The van der Waals surface area contributed by atoms with Crippen LogP contribution in [0.5, 0.6) is 0 Å². The average Bonchev–Trinajstić information content (AvgIpc) is 2.90. The number of likely N-dealkylation sites (tertiary alicyclic amines) is 1. The zero-order valence-corrected chi connectivity index (χ0v) is 16.0. The summed E-state index contributed by atoms with van der Waals surface area (Å²) in [4.78, 5) is 5.47. The van der Waals surface area contributed by atoms with Crippen LogP contribution < -0.4 is 4.90 Å². The van der Waals surface area contributed by atoms with Crippen LogP contribution in [0.2, 0.25) is 0 Å². The number of hydrogen-bond acceptors (Lipinski definition) is 2. The van der Waals surface area contributed by atoms with E-state index in [1.807, 2.05) is 0 Å². The van der Waals surface area contributed by atoms with Gasteiger partial charge in [-0.25, -0.2) is 0 Å². The van der Waals surface area contributed by atoms with Gasteiger partial charge in [0.1, 0.15) is 0 Å². The number of piperidine rings is 1. The van der Waals surface area contributed by atoms with Crippen molar-refractivity contribution in [1.82, 2.24) is 4.90 Å². The number of para-hydroxylation sites is 2. The lowest BCUT2D eigenvalue weighted by molar-refractivity contribution is 0.193. The van der Waals surface area contributed by atoms with E-state index in [1.165, 1.54) is 69.4 Å². The molecule has 5 rings (SSSR count). The Balaban J connectivity index is 1.52. The van der Waals surface area contributed by atoms with Crippen molar-refractivity contribution < 1.29 is 0 Å². The maximum absolute atomic E-state index is 2.74.